The van der Waals surface area contributed by atoms with Crippen LogP contribution >= 0.6 is 0 Å². The summed E-state index contributed by atoms with van der Waals surface area (Å²) in [7, 11) is -2.73. The van der Waals surface area contributed by atoms with Crippen LogP contribution in [0.25, 0.3) is 0 Å². The maximum atomic E-state index is 12.4. The van der Waals surface area contributed by atoms with E-state index in [4.69, 9.17) is 9.25 Å². The van der Waals surface area contributed by atoms with Gasteiger partial charge < -0.3 is 9.15 Å². The summed E-state index contributed by atoms with van der Waals surface area (Å²) < 4.78 is 35.6. The first kappa shape index (κ1) is 14.0. The van der Waals surface area contributed by atoms with Crippen molar-refractivity contribution in [3.63, 3.8) is 0 Å². The van der Waals surface area contributed by atoms with E-state index in [1.807, 2.05) is 0 Å². The number of carbonyl (C=O) groups excluding carboxylic acids is 1. The van der Waals surface area contributed by atoms with Crippen molar-refractivity contribution in [3.05, 3.63) is 17.1 Å². The molecular weight excluding hydrogens is 274 g/mol. The maximum absolute atomic E-state index is 12.4. The molecule has 1 aliphatic heterocycles. The molecule has 0 N–H and O–H groups in total. The van der Waals surface area contributed by atoms with Crippen molar-refractivity contribution in [2.75, 3.05) is 20.3 Å². The number of esters is 1. The maximum Gasteiger partial charge on any atom is 0.342 e. The predicted molar refractivity (Wildman–Crippen MR) is 64.0 cm³/mol. The molecule has 0 aromatic carbocycles. The largest absolute Gasteiger partial charge is 0.465 e. The smallest absolute Gasteiger partial charge is 0.342 e. The lowest BCUT2D eigenvalue weighted by atomic mass is 10.2. The second-order valence-electron chi connectivity index (χ2n) is 4.13. The van der Waals surface area contributed by atoms with E-state index < -0.39 is 16.0 Å². The highest BCUT2D eigenvalue weighted by molar-refractivity contribution is 7.89. The fourth-order valence-electron chi connectivity index (χ4n) is 2.03. The molecule has 0 saturated carbocycles. The molecular formula is C11H15NO6S. The zero-order chi connectivity index (χ0) is 14.2. The average Bonchev–Trinajstić information content (AvgIpc) is 2.96. The van der Waals surface area contributed by atoms with Crippen LogP contribution in [0.1, 0.15) is 28.3 Å². The molecule has 0 amide bonds. The lowest BCUT2D eigenvalue weighted by Gasteiger charge is -2.14. The van der Waals surface area contributed by atoms with E-state index in [1.165, 1.54) is 21.0 Å². The zero-order valence-corrected chi connectivity index (χ0v) is 11.7. The Balaban J connectivity index is 2.58. The van der Waals surface area contributed by atoms with Gasteiger partial charge in [-0.3, -0.25) is 4.84 Å². The van der Waals surface area contributed by atoms with Crippen molar-refractivity contribution >= 4 is 16.0 Å². The van der Waals surface area contributed by atoms with Crippen molar-refractivity contribution in [1.29, 1.82) is 0 Å². The van der Waals surface area contributed by atoms with Gasteiger partial charge in [0.05, 0.1) is 13.7 Å². The van der Waals surface area contributed by atoms with Crippen molar-refractivity contribution in [3.8, 4) is 0 Å². The van der Waals surface area contributed by atoms with Crippen LogP contribution < -0.4 is 0 Å². The third kappa shape index (κ3) is 2.26. The molecule has 8 heteroatoms. The molecule has 1 aromatic heterocycles. The number of methoxy groups -OCH3 is 1. The van der Waals surface area contributed by atoms with Crippen molar-refractivity contribution in [1.82, 2.24) is 4.47 Å². The Morgan fingerprint density at radius 1 is 1.32 bits per heavy atom. The molecule has 1 aliphatic rings. The zero-order valence-electron chi connectivity index (χ0n) is 10.9. The molecule has 0 spiro atoms. The Hall–Kier alpha value is -1.38. The Bertz CT molecular complexity index is 597. The highest BCUT2D eigenvalue weighted by Crippen LogP contribution is 2.31. The van der Waals surface area contributed by atoms with Gasteiger partial charge in [0.1, 0.15) is 22.0 Å². The first-order valence-electron chi connectivity index (χ1n) is 5.73. The number of sulfonamides is 1. The molecule has 19 heavy (non-hydrogen) atoms. The van der Waals surface area contributed by atoms with Crippen molar-refractivity contribution in [2.24, 2.45) is 0 Å². The van der Waals surface area contributed by atoms with Crippen LogP contribution in [0.3, 0.4) is 0 Å². The average molecular weight is 289 g/mol. The number of furan rings is 1. The van der Waals surface area contributed by atoms with E-state index >= 15 is 0 Å². The highest BCUT2D eigenvalue weighted by Gasteiger charge is 2.37. The van der Waals surface area contributed by atoms with Gasteiger partial charge in [-0.25, -0.2) is 13.2 Å². The van der Waals surface area contributed by atoms with E-state index in [0.29, 0.717) is 13.0 Å². The number of ether oxygens (including phenoxy) is 1. The number of hydrogen-bond donors (Lipinski definition) is 0. The second kappa shape index (κ2) is 4.95. The number of carbonyl (C=O) groups is 1. The normalized spacial score (nSPS) is 16.8. The topological polar surface area (TPSA) is 86.0 Å². The minimum absolute atomic E-state index is 0.0736. The first-order chi connectivity index (χ1) is 8.89. The van der Waals surface area contributed by atoms with Crippen LogP contribution in [0.15, 0.2) is 9.31 Å². The van der Waals surface area contributed by atoms with Gasteiger partial charge in [0, 0.05) is 6.54 Å². The summed E-state index contributed by atoms with van der Waals surface area (Å²) in [6.07, 6.45) is 0.614. The van der Waals surface area contributed by atoms with E-state index in [1.54, 1.807) is 0 Å². The van der Waals surface area contributed by atoms with Gasteiger partial charge in [-0.2, -0.15) is 0 Å². The SMILES string of the molecule is COC(=O)c1c(C)oc(C)c1S(=O)(=O)N1CCCO1. The van der Waals surface area contributed by atoms with Crippen LogP contribution in [0.5, 0.6) is 0 Å². The summed E-state index contributed by atoms with van der Waals surface area (Å²) >= 11 is 0. The van der Waals surface area contributed by atoms with Gasteiger partial charge >= 0.3 is 5.97 Å². The van der Waals surface area contributed by atoms with Crippen LogP contribution in [0.2, 0.25) is 0 Å². The quantitative estimate of drug-likeness (QED) is 0.772. The lowest BCUT2D eigenvalue weighted by Crippen LogP contribution is -2.28. The molecule has 2 heterocycles. The number of rotatable bonds is 3. The Kier molecular flexibility index (Phi) is 3.66. The summed E-state index contributed by atoms with van der Waals surface area (Å²) in [4.78, 5) is 16.6. The fourth-order valence-corrected chi connectivity index (χ4v) is 3.70. The fraction of sp³-hybridized carbons (Fsp3) is 0.545. The number of aryl methyl sites for hydroxylation is 2. The molecule has 0 aliphatic carbocycles. The van der Waals surface area contributed by atoms with Crippen LogP contribution in [0, 0.1) is 13.8 Å². The molecule has 0 bridgehead atoms. The van der Waals surface area contributed by atoms with Gasteiger partial charge in [0.2, 0.25) is 0 Å². The van der Waals surface area contributed by atoms with Gasteiger partial charge in [-0.1, -0.05) is 4.47 Å². The summed E-state index contributed by atoms with van der Waals surface area (Å²) in [6, 6.07) is 0. The third-order valence-corrected chi connectivity index (χ3v) is 4.67. The van der Waals surface area contributed by atoms with Gasteiger partial charge in [0.25, 0.3) is 10.0 Å². The molecule has 1 fully saturated rings. The standard InChI is InChI=1S/C11H15NO6S/c1-7-9(11(13)16-3)10(8(2)18-7)19(14,15)12-5-4-6-17-12/h4-6H2,1-3H3. The first-order valence-corrected chi connectivity index (χ1v) is 7.17. The number of hydroxylamine groups is 1. The molecule has 7 nitrogen and oxygen atoms in total. The van der Waals surface area contributed by atoms with Crippen LogP contribution in [-0.2, 0) is 19.6 Å². The van der Waals surface area contributed by atoms with Crippen LogP contribution in [-0.4, -0.2) is 39.1 Å². The monoisotopic (exact) mass is 289 g/mol. The molecule has 2 rings (SSSR count). The van der Waals surface area contributed by atoms with Crippen molar-refractivity contribution in [2.45, 2.75) is 25.2 Å². The molecule has 1 aromatic rings. The van der Waals surface area contributed by atoms with E-state index in [2.05, 4.69) is 4.74 Å². The predicted octanol–water partition coefficient (Wildman–Crippen LogP) is 1.01. The van der Waals surface area contributed by atoms with E-state index in [9.17, 15) is 13.2 Å². The van der Waals surface area contributed by atoms with Gasteiger partial charge in [0.15, 0.2) is 0 Å². The Labute approximate surface area is 111 Å². The summed E-state index contributed by atoms with van der Waals surface area (Å²) in [5.41, 5.74) is -0.0736. The molecule has 0 atom stereocenters. The molecule has 106 valence electrons. The minimum Gasteiger partial charge on any atom is -0.465 e. The number of hydrogen-bond acceptors (Lipinski definition) is 6. The summed E-state index contributed by atoms with van der Waals surface area (Å²) in [6.45, 7) is 3.60. The van der Waals surface area contributed by atoms with E-state index in [0.717, 1.165) is 4.47 Å². The van der Waals surface area contributed by atoms with Crippen LogP contribution in [0.4, 0.5) is 0 Å². The lowest BCUT2D eigenvalue weighted by molar-refractivity contribution is -0.0285. The van der Waals surface area contributed by atoms with E-state index in [-0.39, 0.29) is 28.5 Å². The number of nitrogens with zero attached hydrogens (tertiary/aromatic N) is 1. The molecule has 1 saturated heterocycles. The molecule has 0 unspecified atom stereocenters. The summed E-state index contributed by atoms with van der Waals surface area (Å²) in [5.74, 6) is -0.386. The van der Waals surface area contributed by atoms with Gasteiger partial charge in [-0.15, -0.1) is 0 Å². The Morgan fingerprint density at radius 3 is 2.53 bits per heavy atom. The molecule has 0 radical (unpaired) electrons. The Morgan fingerprint density at radius 2 is 2.00 bits per heavy atom. The van der Waals surface area contributed by atoms with Crippen molar-refractivity contribution < 1.29 is 27.2 Å². The highest BCUT2D eigenvalue weighted by atomic mass is 32.2. The second-order valence-corrected chi connectivity index (χ2v) is 5.89. The minimum atomic E-state index is -3.92. The van der Waals surface area contributed by atoms with Gasteiger partial charge in [-0.05, 0) is 20.3 Å². The third-order valence-electron chi connectivity index (χ3n) is 2.84. The summed E-state index contributed by atoms with van der Waals surface area (Å²) in [5, 5.41) is 0.